The van der Waals surface area contributed by atoms with E-state index in [2.05, 4.69) is 9.98 Å². The van der Waals surface area contributed by atoms with Crippen molar-refractivity contribution in [3.05, 3.63) is 73.7 Å². The lowest BCUT2D eigenvalue weighted by atomic mass is 10.1. The number of nitrogens with zero attached hydrogens (tertiary/aromatic N) is 2. The Morgan fingerprint density at radius 2 is 1.97 bits per heavy atom. The van der Waals surface area contributed by atoms with Crippen molar-refractivity contribution in [3.8, 4) is 11.6 Å². The number of benzene rings is 2. The van der Waals surface area contributed by atoms with Crippen molar-refractivity contribution < 1.29 is 14.2 Å². The van der Waals surface area contributed by atoms with E-state index in [0.717, 1.165) is 5.56 Å². The van der Waals surface area contributed by atoms with Gasteiger partial charge in [-0.2, -0.15) is 0 Å². The number of nitrogens with one attached hydrogen (secondary N) is 1. The fourth-order valence-electron chi connectivity index (χ4n) is 3.07. The maximum absolute atomic E-state index is 12.6. The largest absolute Gasteiger partial charge is 0.493 e. The second-order valence-corrected chi connectivity index (χ2v) is 7.11. The number of ether oxygens (including phenoxy) is 1. The molecule has 29 heavy (non-hydrogen) atoms. The van der Waals surface area contributed by atoms with Crippen LogP contribution in [0.15, 0.2) is 46.2 Å². The third kappa shape index (κ3) is 3.66. The van der Waals surface area contributed by atoms with Gasteiger partial charge in [-0.15, -0.1) is 0 Å². The Kier molecular flexibility index (Phi) is 5.17. The van der Waals surface area contributed by atoms with Crippen molar-refractivity contribution in [2.45, 2.75) is 6.54 Å². The van der Waals surface area contributed by atoms with Gasteiger partial charge in [-0.05, 0) is 29.8 Å². The molecule has 0 saturated heterocycles. The topological polar surface area (TPSA) is 79.6 Å². The van der Waals surface area contributed by atoms with Crippen LogP contribution in [-0.2, 0) is 6.54 Å². The number of rotatable bonds is 5. The molecular formula is C20H14Cl2FN3O3. The number of halogens is 3. The average molecular weight is 434 g/mol. The summed E-state index contributed by atoms with van der Waals surface area (Å²) in [5.74, 6) is -0.0714. The highest BCUT2D eigenvalue weighted by Crippen LogP contribution is 2.44. The Morgan fingerprint density at radius 3 is 2.69 bits per heavy atom. The molecule has 4 rings (SSSR count). The van der Waals surface area contributed by atoms with E-state index in [1.54, 1.807) is 42.5 Å². The molecule has 6 nitrogen and oxygen atoms in total. The van der Waals surface area contributed by atoms with E-state index in [1.165, 1.54) is 10.8 Å². The first-order valence-corrected chi connectivity index (χ1v) is 9.27. The molecule has 0 atom stereocenters. The molecule has 148 valence electrons. The van der Waals surface area contributed by atoms with Crippen LogP contribution in [0.1, 0.15) is 16.8 Å². The van der Waals surface area contributed by atoms with Crippen molar-refractivity contribution in [1.29, 1.82) is 0 Å². The molecule has 0 amide bonds. The van der Waals surface area contributed by atoms with Crippen LogP contribution in [0.2, 0.25) is 10.0 Å². The molecule has 0 spiro atoms. The molecule has 0 saturated carbocycles. The lowest BCUT2D eigenvalue weighted by Crippen LogP contribution is -2.17. The van der Waals surface area contributed by atoms with E-state index in [9.17, 15) is 14.3 Å². The number of alkyl halides is 1. The normalized spacial score (nSPS) is 13.8. The molecule has 9 heteroatoms. The van der Waals surface area contributed by atoms with E-state index in [0.29, 0.717) is 21.8 Å². The summed E-state index contributed by atoms with van der Waals surface area (Å²) in [6.07, 6.45) is 3.11. The maximum Gasteiger partial charge on any atom is 0.329 e. The van der Waals surface area contributed by atoms with E-state index >= 15 is 0 Å². The summed E-state index contributed by atoms with van der Waals surface area (Å²) >= 11 is 11.9. The van der Waals surface area contributed by atoms with Crippen LogP contribution in [0.25, 0.3) is 11.6 Å². The minimum Gasteiger partial charge on any atom is -0.493 e. The monoisotopic (exact) mass is 433 g/mol. The van der Waals surface area contributed by atoms with Gasteiger partial charge in [-0.1, -0.05) is 41.4 Å². The van der Waals surface area contributed by atoms with E-state index in [1.807, 2.05) is 0 Å². The Hall–Kier alpha value is -3.03. The van der Waals surface area contributed by atoms with Gasteiger partial charge >= 0.3 is 5.69 Å². The van der Waals surface area contributed by atoms with Gasteiger partial charge in [0.25, 0.3) is 0 Å². The van der Waals surface area contributed by atoms with E-state index in [-0.39, 0.29) is 28.9 Å². The molecule has 0 unspecified atom stereocenters. The number of imidazole rings is 1. The Bertz CT molecular complexity index is 1200. The Balaban J connectivity index is 1.69. The number of hydrogen-bond acceptors (Lipinski definition) is 4. The third-order valence-corrected chi connectivity index (χ3v) is 5.01. The Morgan fingerprint density at radius 1 is 1.21 bits per heavy atom. The zero-order valence-electron chi connectivity index (χ0n) is 14.8. The summed E-state index contributed by atoms with van der Waals surface area (Å²) in [7, 11) is 0. The van der Waals surface area contributed by atoms with Crippen molar-refractivity contribution >= 4 is 46.8 Å². The molecule has 1 aliphatic heterocycles. The second kappa shape index (κ2) is 7.77. The molecule has 1 aliphatic rings. The molecule has 0 radical (unpaired) electrons. The van der Waals surface area contributed by atoms with Gasteiger partial charge in [0.05, 0.1) is 11.6 Å². The summed E-state index contributed by atoms with van der Waals surface area (Å²) in [6, 6.07) is 10.2. The molecule has 2 aromatic carbocycles. The van der Waals surface area contributed by atoms with Crippen LogP contribution in [0.5, 0.6) is 11.6 Å². The zero-order valence-corrected chi connectivity index (χ0v) is 16.3. The number of aliphatic imine (C=N–C) groups is 1. The van der Waals surface area contributed by atoms with Crippen LogP contribution in [0, 0.1) is 0 Å². The van der Waals surface area contributed by atoms with Crippen LogP contribution >= 0.6 is 23.2 Å². The predicted octanol–water partition coefficient (Wildman–Crippen LogP) is 4.80. The molecule has 1 aromatic heterocycles. The number of fused-ring (bicyclic) bond motifs is 1. The average Bonchev–Trinajstić information content (AvgIpc) is 3.22. The van der Waals surface area contributed by atoms with Gasteiger partial charge in [-0.3, -0.25) is 9.56 Å². The third-order valence-electron chi connectivity index (χ3n) is 4.46. The van der Waals surface area contributed by atoms with E-state index < -0.39 is 12.6 Å². The highest BCUT2D eigenvalue weighted by Gasteiger charge is 2.21. The first-order valence-electron chi connectivity index (χ1n) is 8.51. The maximum atomic E-state index is 12.6. The van der Waals surface area contributed by atoms with Gasteiger partial charge in [0.15, 0.2) is 5.75 Å². The summed E-state index contributed by atoms with van der Waals surface area (Å²) in [5, 5.41) is 11.4. The van der Waals surface area contributed by atoms with Gasteiger partial charge in [0, 0.05) is 22.4 Å². The molecule has 0 bridgehead atoms. The number of H-pyrrole nitrogens is 1. The Labute approximate surface area is 174 Å². The van der Waals surface area contributed by atoms with Crippen molar-refractivity contribution in [3.63, 3.8) is 0 Å². The zero-order chi connectivity index (χ0) is 20.5. The van der Waals surface area contributed by atoms with Crippen molar-refractivity contribution in [1.82, 2.24) is 9.55 Å². The number of allylic oxidation sites excluding steroid dienone is 1. The number of aromatic amines is 1. The highest BCUT2D eigenvalue weighted by atomic mass is 35.5. The molecular weight excluding hydrogens is 420 g/mol. The van der Waals surface area contributed by atoms with Crippen molar-refractivity contribution in [2.75, 3.05) is 6.86 Å². The summed E-state index contributed by atoms with van der Waals surface area (Å²) < 4.78 is 18.8. The second-order valence-electron chi connectivity index (χ2n) is 6.26. The minimum absolute atomic E-state index is 0.143. The molecule has 0 aliphatic carbocycles. The van der Waals surface area contributed by atoms with Gasteiger partial charge in [-0.25, -0.2) is 9.18 Å². The highest BCUT2D eigenvalue weighted by molar-refractivity contribution is 6.33. The fourth-order valence-corrected chi connectivity index (χ4v) is 3.41. The lowest BCUT2D eigenvalue weighted by Gasteiger charge is -2.08. The predicted molar refractivity (Wildman–Crippen MR) is 111 cm³/mol. The first-order chi connectivity index (χ1) is 14.0. The first kappa shape index (κ1) is 19.3. The van der Waals surface area contributed by atoms with E-state index in [4.69, 9.17) is 27.9 Å². The molecule has 0 fully saturated rings. The van der Waals surface area contributed by atoms with Crippen LogP contribution in [0.4, 0.5) is 10.1 Å². The fraction of sp³-hybridized carbons (Fsp3) is 0.100. The van der Waals surface area contributed by atoms with Gasteiger partial charge in [0.2, 0.25) is 12.7 Å². The number of hydrogen-bond donors (Lipinski definition) is 2. The standard InChI is InChI=1S/C20H14Cl2FN3O3/c21-13-3-1-11(2-4-13)9-26-19(27)16(25-20(26)28)7-12-8-24-17-14(12)5-6-15(22)18(17)29-10-23/h1-8,27H,9-10H2,(H,25,28). The van der Waals surface area contributed by atoms with Crippen LogP contribution in [0.3, 0.4) is 0 Å². The molecule has 2 heterocycles. The van der Waals surface area contributed by atoms with Crippen LogP contribution in [-0.4, -0.2) is 27.7 Å². The quantitative estimate of drug-likeness (QED) is 0.606. The number of aromatic hydroxyl groups is 1. The molecule has 2 N–H and O–H groups in total. The molecule has 3 aromatic rings. The lowest BCUT2D eigenvalue weighted by molar-refractivity contribution is 0.192. The van der Waals surface area contributed by atoms with Gasteiger partial charge < -0.3 is 14.8 Å². The summed E-state index contributed by atoms with van der Waals surface area (Å²) in [5.41, 5.74) is 2.21. The van der Waals surface area contributed by atoms with Crippen LogP contribution < -0.4 is 10.4 Å². The van der Waals surface area contributed by atoms with Crippen molar-refractivity contribution in [2.24, 2.45) is 4.99 Å². The SMILES string of the molecule is O=c1[nH]c(C=C2C=Nc3c2ccc(Cl)c3OCF)c(O)n1Cc1ccc(Cl)cc1. The summed E-state index contributed by atoms with van der Waals surface area (Å²) in [6.45, 7) is -0.858. The summed E-state index contributed by atoms with van der Waals surface area (Å²) in [4.78, 5) is 19.2. The smallest absolute Gasteiger partial charge is 0.329 e. The number of aromatic nitrogens is 2. The minimum atomic E-state index is -1.04. The van der Waals surface area contributed by atoms with Gasteiger partial charge in [0.1, 0.15) is 11.4 Å².